The molecule has 0 unspecified atom stereocenters. The molecule has 0 saturated carbocycles. The zero-order valence-corrected chi connectivity index (χ0v) is 23.5. The van der Waals surface area contributed by atoms with Crippen molar-refractivity contribution in [3.8, 4) is 17.2 Å². The molecule has 0 spiro atoms. The minimum Gasteiger partial charge on any atom is -0.455 e. The van der Waals surface area contributed by atoms with Crippen LogP contribution in [0.25, 0.3) is 93.4 Å². The Kier molecular flexibility index (Phi) is 4.69. The predicted molar refractivity (Wildman–Crippen MR) is 182 cm³/mol. The van der Waals surface area contributed by atoms with Gasteiger partial charge in [0.05, 0.1) is 22.2 Å². The second kappa shape index (κ2) is 8.76. The van der Waals surface area contributed by atoms with Crippen molar-refractivity contribution >= 4 is 76.2 Å². The van der Waals surface area contributed by atoms with Crippen LogP contribution in [0.2, 0.25) is 0 Å². The number of fused-ring (bicyclic) bond motifs is 10. The molecule has 0 N–H and O–H groups in total. The topological polar surface area (TPSA) is 43.9 Å². The van der Waals surface area contributed by atoms with Crippen LogP contribution in [0, 0.1) is 0 Å². The average molecular weight is 562 g/mol. The first-order valence-electron chi connectivity index (χ1n) is 14.8. The van der Waals surface area contributed by atoms with E-state index in [2.05, 4.69) is 120 Å². The third-order valence-corrected chi connectivity index (χ3v) is 8.97. The Bertz CT molecular complexity index is 2790. The lowest BCUT2D eigenvalue weighted by atomic mass is 10.0. The Balaban J connectivity index is 1.36. The molecule has 0 radical (unpaired) electrons. The minimum absolute atomic E-state index is 0.636. The molecule has 7 aromatic carbocycles. The summed E-state index contributed by atoms with van der Waals surface area (Å²) < 4.78 is 8.72. The zero-order chi connectivity index (χ0) is 28.8. The molecule has 0 fully saturated rings. The molecule has 0 atom stereocenters. The van der Waals surface area contributed by atoms with Crippen molar-refractivity contribution in [1.82, 2.24) is 14.5 Å². The molecule has 0 aliphatic carbocycles. The summed E-state index contributed by atoms with van der Waals surface area (Å²) >= 11 is 0. The number of para-hydroxylation sites is 3. The summed E-state index contributed by atoms with van der Waals surface area (Å²) in [6.45, 7) is 0. The van der Waals surface area contributed by atoms with Gasteiger partial charge >= 0.3 is 0 Å². The van der Waals surface area contributed by atoms with Crippen LogP contribution in [-0.2, 0) is 0 Å². The molecule has 0 bridgehead atoms. The number of aromatic nitrogens is 3. The van der Waals surface area contributed by atoms with Crippen LogP contribution in [0.1, 0.15) is 0 Å². The highest BCUT2D eigenvalue weighted by Crippen LogP contribution is 2.41. The van der Waals surface area contributed by atoms with Crippen LogP contribution >= 0.6 is 0 Å². The Morgan fingerprint density at radius 3 is 2.07 bits per heavy atom. The molecule has 0 aliphatic heterocycles. The number of benzene rings is 7. The van der Waals surface area contributed by atoms with E-state index in [0.29, 0.717) is 5.95 Å². The molecule has 0 amide bonds. The van der Waals surface area contributed by atoms with E-state index in [9.17, 15) is 0 Å². The van der Waals surface area contributed by atoms with E-state index < -0.39 is 0 Å². The minimum atomic E-state index is 0.636. The lowest BCUT2D eigenvalue weighted by molar-refractivity contribution is 0.670. The molecule has 3 heterocycles. The van der Waals surface area contributed by atoms with Gasteiger partial charge in [-0.25, -0.2) is 9.97 Å². The van der Waals surface area contributed by atoms with Gasteiger partial charge in [0.2, 0.25) is 5.95 Å². The van der Waals surface area contributed by atoms with Crippen LogP contribution in [0.3, 0.4) is 0 Å². The van der Waals surface area contributed by atoms with Crippen LogP contribution in [-0.4, -0.2) is 14.5 Å². The van der Waals surface area contributed by atoms with Crippen LogP contribution in [0.4, 0.5) is 0 Å². The first-order valence-corrected chi connectivity index (χ1v) is 14.8. The van der Waals surface area contributed by atoms with Crippen molar-refractivity contribution in [3.63, 3.8) is 0 Å². The van der Waals surface area contributed by atoms with E-state index in [0.717, 1.165) is 55.1 Å². The number of nitrogens with zero attached hydrogens (tertiary/aromatic N) is 3. The standard InChI is InChI=1S/C40H23N3O/c1-2-12-26-23-35-32(22-25(26)11-1)37-27-13-4-3-10-24(27)20-21-34(37)43(35)40-41-33-18-7-5-15-30(33)38(42-40)31-17-9-16-29-28-14-6-8-19-36(28)44-39(29)31/h1-23H. The Hall–Kier alpha value is -6.00. The second-order valence-corrected chi connectivity index (χ2v) is 11.4. The summed E-state index contributed by atoms with van der Waals surface area (Å²) in [5.74, 6) is 0.636. The summed E-state index contributed by atoms with van der Waals surface area (Å²) in [6.07, 6.45) is 0. The Labute approximate surface area is 251 Å². The van der Waals surface area contributed by atoms with E-state index in [1.165, 1.54) is 32.3 Å². The number of rotatable bonds is 2. The fourth-order valence-corrected chi connectivity index (χ4v) is 6.99. The van der Waals surface area contributed by atoms with Gasteiger partial charge in [-0.1, -0.05) is 103 Å². The fourth-order valence-electron chi connectivity index (χ4n) is 6.99. The number of hydrogen-bond acceptors (Lipinski definition) is 3. The molecular weight excluding hydrogens is 538 g/mol. The van der Waals surface area contributed by atoms with Crippen molar-refractivity contribution in [2.75, 3.05) is 0 Å². The normalized spacial score (nSPS) is 12.1. The summed E-state index contributed by atoms with van der Waals surface area (Å²) in [7, 11) is 0. The van der Waals surface area contributed by atoms with Crippen molar-refractivity contribution in [2.24, 2.45) is 0 Å². The third kappa shape index (κ3) is 3.22. The van der Waals surface area contributed by atoms with E-state index in [4.69, 9.17) is 14.4 Å². The van der Waals surface area contributed by atoms with Crippen molar-refractivity contribution in [2.45, 2.75) is 0 Å². The molecule has 204 valence electrons. The van der Waals surface area contributed by atoms with Gasteiger partial charge in [-0.3, -0.25) is 4.57 Å². The molecule has 3 aromatic heterocycles. The molecule has 44 heavy (non-hydrogen) atoms. The molecular formula is C40H23N3O. The number of hydrogen-bond donors (Lipinski definition) is 0. The molecule has 0 saturated heterocycles. The van der Waals surface area contributed by atoms with Crippen molar-refractivity contribution in [3.05, 3.63) is 140 Å². The van der Waals surface area contributed by atoms with E-state index in [1.807, 2.05) is 24.3 Å². The maximum atomic E-state index is 6.49. The van der Waals surface area contributed by atoms with Gasteiger partial charge in [0.25, 0.3) is 0 Å². The van der Waals surface area contributed by atoms with Gasteiger partial charge in [0, 0.05) is 32.5 Å². The van der Waals surface area contributed by atoms with Crippen molar-refractivity contribution in [1.29, 1.82) is 0 Å². The SMILES string of the molecule is c1ccc2cc3c(cc2c1)c1c2ccccc2ccc1n3-c1nc(-c2cccc3c2oc2ccccc23)c2ccccc2n1. The largest absolute Gasteiger partial charge is 0.455 e. The monoisotopic (exact) mass is 561 g/mol. The van der Waals surface area contributed by atoms with Gasteiger partial charge in [-0.15, -0.1) is 0 Å². The summed E-state index contributed by atoms with van der Waals surface area (Å²) in [5, 5.41) is 10.4. The van der Waals surface area contributed by atoms with Gasteiger partial charge < -0.3 is 4.42 Å². The van der Waals surface area contributed by atoms with Crippen LogP contribution in [0.5, 0.6) is 0 Å². The molecule has 4 nitrogen and oxygen atoms in total. The molecule has 10 aromatic rings. The van der Waals surface area contributed by atoms with E-state index >= 15 is 0 Å². The van der Waals surface area contributed by atoms with Crippen LogP contribution < -0.4 is 0 Å². The summed E-state index contributed by atoms with van der Waals surface area (Å²) in [6, 6.07) is 48.9. The number of furan rings is 1. The van der Waals surface area contributed by atoms with Crippen molar-refractivity contribution < 1.29 is 4.42 Å². The van der Waals surface area contributed by atoms with E-state index in [1.54, 1.807) is 0 Å². The highest BCUT2D eigenvalue weighted by Gasteiger charge is 2.21. The Morgan fingerprint density at radius 1 is 0.477 bits per heavy atom. The third-order valence-electron chi connectivity index (χ3n) is 8.97. The predicted octanol–water partition coefficient (Wildman–Crippen LogP) is 10.6. The first-order chi connectivity index (χ1) is 21.8. The first kappa shape index (κ1) is 23.6. The van der Waals surface area contributed by atoms with E-state index in [-0.39, 0.29) is 0 Å². The lowest BCUT2D eigenvalue weighted by Crippen LogP contribution is -2.03. The fraction of sp³-hybridized carbons (Fsp3) is 0. The zero-order valence-electron chi connectivity index (χ0n) is 23.5. The molecule has 4 heteroatoms. The highest BCUT2D eigenvalue weighted by molar-refractivity contribution is 6.23. The molecule has 0 aliphatic rings. The second-order valence-electron chi connectivity index (χ2n) is 11.4. The van der Waals surface area contributed by atoms with Gasteiger partial charge in [-0.05, 0) is 57.9 Å². The summed E-state index contributed by atoms with van der Waals surface area (Å²) in [5.41, 5.74) is 6.56. The summed E-state index contributed by atoms with van der Waals surface area (Å²) in [4.78, 5) is 10.6. The maximum Gasteiger partial charge on any atom is 0.235 e. The van der Waals surface area contributed by atoms with Gasteiger partial charge in [0.15, 0.2) is 0 Å². The van der Waals surface area contributed by atoms with Gasteiger partial charge in [0.1, 0.15) is 11.2 Å². The quantitative estimate of drug-likeness (QED) is 0.211. The van der Waals surface area contributed by atoms with Crippen LogP contribution in [0.15, 0.2) is 144 Å². The molecule has 10 rings (SSSR count). The Morgan fingerprint density at radius 2 is 1.18 bits per heavy atom. The smallest absolute Gasteiger partial charge is 0.235 e. The average Bonchev–Trinajstić information content (AvgIpc) is 3.62. The maximum absolute atomic E-state index is 6.49. The lowest BCUT2D eigenvalue weighted by Gasteiger charge is -2.12. The van der Waals surface area contributed by atoms with Gasteiger partial charge in [-0.2, -0.15) is 0 Å². The highest BCUT2D eigenvalue weighted by atomic mass is 16.3.